The number of thioether (sulfide) groups is 1. The number of amides is 1. The summed E-state index contributed by atoms with van der Waals surface area (Å²) in [6, 6.07) is 6.46. The first-order valence-corrected chi connectivity index (χ1v) is 11.6. The van der Waals surface area contributed by atoms with Gasteiger partial charge in [0.25, 0.3) is 10.0 Å². The van der Waals surface area contributed by atoms with Crippen molar-refractivity contribution in [2.45, 2.75) is 61.6 Å². The normalized spacial score (nSPS) is 24.2. The van der Waals surface area contributed by atoms with Gasteiger partial charge in [0.2, 0.25) is 5.91 Å². The van der Waals surface area contributed by atoms with Crippen molar-refractivity contribution in [2.75, 3.05) is 0 Å². The van der Waals surface area contributed by atoms with Gasteiger partial charge in [0, 0.05) is 10.5 Å². The van der Waals surface area contributed by atoms with Gasteiger partial charge in [0.05, 0.1) is 10.1 Å². The highest BCUT2D eigenvalue weighted by Gasteiger charge is 2.42. The number of nitrogens with zero attached hydrogens (tertiary/aromatic N) is 2. The summed E-state index contributed by atoms with van der Waals surface area (Å²) < 4.78 is 30.2. The molecule has 1 aromatic carbocycles. The van der Waals surface area contributed by atoms with Crippen LogP contribution >= 0.6 is 27.7 Å². The second kappa shape index (κ2) is 7.80. The molecule has 1 saturated heterocycles. The molecule has 3 rings (SSSR count). The maximum Gasteiger partial charge on any atom is 0.284 e. The fourth-order valence-corrected chi connectivity index (χ4v) is 5.84. The van der Waals surface area contributed by atoms with Crippen molar-refractivity contribution in [2.24, 2.45) is 4.40 Å². The van der Waals surface area contributed by atoms with E-state index in [0.29, 0.717) is 11.6 Å². The molecule has 1 saturated carbocycles. The predicted molar refractivity (Wildman–Crippen MR) is 104 cm³/mol. The number of rotatable bonds is 4. The van der Waals surface area contributed by atoms with E-state index in [2.05, 4.69) is 20.3 Å². The SMILES string of the molecule is CCC1SC(=NS(=O)(=O)c2ccc(Br)cc2)N(C2CCCCC2)C1=O. The predicted octanol–water partition coefficient (Wildman–Crippen LogP) is 4.18. The second-order valence-corrected chi connectivity index (χ2v) is 10.0. The average molecular weight is 445 g/mol. The number of benzene rings is 1. The lowest BCUT2D eigenvalue weighted by atomic mass is 9.94. The molecule has 5 nitrogen and oxygen atoms in total. The molecule has 0 aromatic heterocycles. The Labute approximate surface area is 161 Å². The molecule has 1 atom stereocenters. The van der Waals surface area contributed by atoms with Gasteiger partial charge in [-0.2, -0.15) is 8.42 Å². The first-order valence-electron chi connectivity index (χ1n) is 8.52. The third-order valence-corrected chi connectivity index (χ3v) is 7.83. The Morgan fingerprint density at radius 3 is 2.44 bits per heavy atom. The van der Waals surface area contributed by atoms with Crippen molar-refractivity contribution in [3.8, 4) is 0 Å². The standard InChI is InChI=1S/C17H21BrN2O3S2/c1-2-15-16(21)20(13-6-4-3-5-7-13)17(24-15)19-25(22,23)14-10-8-12(18)9-11-14/h8-11,13,15H,2-7H2,1H3. The minimum atomic E-state index is -3.83. The Morgan fingerprint density at radius 2 is 1.84 bits per heavy atom. The Balaban J connectivity index is 1.95. The Kier molecular flexibility index (Phi) is 5.90. The molecule has 25 heavy (non-hydrogen) atoms. The Hall–Kier alpha value is -0.860. The van der Waals surface area contributed by atoms with E-state index in [0.717, 1.165) is 30.2 Å². The van der Waals surface area contributed by atoms with Crippen LogP contribution in [0.4, 0.5) is 0 Å². The molecule has 0 spiro atoms. The van der Waals surface area contributed by atoms with Gasteiger partial charge in [-0.15, -0.1) is 4.40 Å². The van der Waals surface area contributed by atoms with Gasteiger partial charge < -0.3 is 0 Å². The minimum absolute atomic E-state index is 0.00385. The summed E-state index contributed by atoms with van der Waals surface area (Å²) in [5.41, 5.74) is 0. The van der Waals surface area contributed by atoms with E-state index >= 15 is 0 Å². The molecule has 1 heterocycles. The summed E-state index contributed by atoms with van der Waals surface area (Å²) >= 11 is 4.58. The van der Waals surface area contributed by atoms with Crippen LogP contribution in [0.3, 0.4) is 0 Å². The van der Waals surface area contributed by atoms with Crippen molar-refractivity contribution < 1.29 is 13.2 Å². The summed E-state index contributed by atoms with van der Waals surface area (Å²) in [5, 5.41) is 0.104. The zero-order chi connectivity index (χ0) is 18.0. The highest BCUT2D eigenvalue weighted by atomic mass is 79.9. The van der Waals surface area contributed by atoms with Gasteiger partial charge >= 0.3 is 0 Å². The molecule has 0 N–H and O–H groups in total. The maximum absolute atomic E-state index is 12.7. The van der Waals surface area contributed by atoms with Crippen LogP contribution in [-0.4, -0.2) is 35.7 Å². The first kappa shape index (κ1) is 18.9. The molecule has 8 heteroatoms. The number of carbonyl (C=O) groups excluding carboxylic acids is 1. The highest BCUT2D eigenvalue weighted by Crippen LogP contribution is 2.36. The number of hydrogen-bond acceptors (Lipinski definition) is 4. The molecular weight excluding hydrogens is 424 g/mol. The van der Waals surface area contributed by atoms with Crippen LogP contribution < -0.4 is 0 Å². The Bertz CT molecular complexity index is 772. The summed E-state index contributed by atoms with van der Waals surface area (Å²) in [6.07, 6.45) is 5.82. The van der Waals surface area contributed by atoms with Crippen LogP contribution in [-0.2, 0) is 14.8 Å². The van der Waals surface area contributed by atoms with Gasteiger partial charge in [0.15, 0.2) is 5.17 Å². The molecule has 0 bridgehead atoms. The van der Waals surface area contributed by atoms with Crippen molar-refractivity contribution in [3.05, 3.63) is 28.7 Å². The Morgan fingerprint density at radius 1 is 1.20 bits per heavy atom. The summed E-state index contributed by atoms with van der Waals surface area (Å²) in [6.45, 7) is 1.95. The third-order valence-electron chi connectivity index (χ3n) is 4.59. The van der Waals surface area contributed by atoms with Crippen LogP contribution in [0.2, 0.25) is 0 Å². The van der Waals surface area contributed by atoms with Crippen LogP contribution in [0, 0.1) is 0 Å². The second-order valence-electron chi connectivity index (χ2n) is 6.32. The number of amidine groups is 1. The monoisotopic (exact) mass is 444 g/mol. The number of sulfonamides is 1. The number of halogens is 1. The highest BCUT2D eigenvalue weighted by molar-refractivity contribution is 9.10. The van der Waals surface area contributed by atoms with Crippen molar-refractivity contribution in [3.63, 3.8) is 0 Å². The lowest BCUT2D eigenvalue weighted by molar-refractivity contribution is -0.128. The van der Waals surface area contributed by atoms with Crippen molar-refractivity contribution in [1.29, 1.82) is 0 Å². The summed E-state index contributed by atoms with van der Waals surface area (Å²) in [5.74, 6) is 0.00385. The molecule has 2 fully saturated rings. The van der Waals surface area contributed by atoms with Gasteiger partial charge in [-0.1, -0.05) is 53.9 Å². The molecule has 1 aromatic rings. The van der Waals surface area contributed by atoms with Crippen molar-refractivity contribution >= 4 is 48.8 Å². The first-order chi connectivity index (χ1) is 11.9. The summed E-state index contributed by atoms with van der Waals surface area (Å²) in [7, 11) is -3.83. The van der Waals surface area contributed by atoms with E-state index < -0.39 is 10.0 Å². The van der Waals surface area contributed by atoms with Gasteiger partial charge in [-0.25, -0.2) is 0 Å². The van der Waals surface area contributed by atoms with E-state index in [4.69, 9.17) is 0 Å². The molecule has 1 aliphatic carbocycles. The fourth-order valence-electron chi connectivity index (χ4n) is 3.24. The smallest absolute Gasteiger partial charge is 0.284 e. The molecule has 0 radical (unpaired) electrons. The molecule has 1 unspecified atom stereocenters. The average Bonchev–Trinajstić information content (AvgIpc) is 2.90. The number of hydrogen-bond donors (Lipinski definition) is 0. The van der Waals surface area contributed by atoms with E-state index in [-0.39, 0.29) is 22.1 Å². The van der Waals surface area contributed by atoms with E-state index in [1.165, 1.54) is 30.3 Å². The fraction of sp³-hybridized carbons (Fsp3) is 0.529. The van der Waals surface area contributed by atoms with E-state index in [1.807, 2.05) is 6.92 Å². The molecular formula is C17H21BrN2O3S2. The molecule has 1 amide bonds. The lowest BCUT2D eigenvalue weighted by Crippen LogP contribution is -2.42. The van der Waals surface area contributed by atoms with Gasteiger partial charge in [0.1, 0.15) is 0 Å². The molecule has 2 aliphatic rings. The van der Waals surface area contributed by atoms with Crippen LogP contribution in [0.5, 0.6) is 0 Å². The van der Waals surface area contributed by atoms with E-state index in [1.54, 1.807) is 17.0 Å². The topological polar surface area (TPSA) is 66.8 Å². The van der Waals surface area contributed by atoms with Crippen LogP contribution in [0.15, 0.2) is 38.0 Å². The van der Waals surface area contributed by atoms with Gasteiger partial charge in [-0.05, 0) is 43.5 Å². The zero-order valence-electron chi connectivity index (χ0n) is 14.0. The number of carbonyl (C=O) groups is 1. The van der Waals surface area contributed by atoms with Crippen LogP contribution in [0.1, 0.15) is 45.4 Å². The van der Waals surface area contributed by atoms with E-state index in [9.17, 15) is 13.2 Å². The zero-order valence-corrected chi connectivity index (χ0v) is 17.2. The van der Waals surface area contributed by atoms with Gasteiger partial charge in [-0.3, -0.25) is 9.69 Å². The lowest BCUT2D eigenvalue weighted by Gasteiger charge is -2.30. The largest absolute Gasteiger partial charge is 0.287 e. The molecule has 1 aliphatic heterocycles. The summed E-state index contributed by atoms with van der Waals surface area (Å²) in [4.78, 5) is 14.5. The van der Waals surface area contributed by atoms with Crippen LogP contribution in [0.25, 0.3) is 0 Å². The maximum atomic E-state index is 12.7. The third kappa shape index (κ3) is 4.11. The minimum Gasteiger partial charge on any atom is -0.287 e. The quantitative estimate of drug-likeness (QED) is 0.698. The molecule has 136 valence electrons. The van der Waals surface area contributed by atoms with Crippen molar-refractivity contribution in [1.82, 2.24) is 4.90 Å².